The highest BCUT2D eigenvalue weighted by Crippen LogP contribution is 2.20. The molecule has 26 heavy (non-hydrogen) atoms. The normalized spacial score (nSPS) is 10.7. The van der Waals surface area contributed by atoms with Gasteiger partial charge in [-0.1, -0.05) is 11.6 Å². The summed E-state index contributed by atoms with van der Waals surface area (Å²) < 4.78 is 1.24. The van der Waals surface area contributed by atoms with E-state index in [0.717, 1.165) is 0 Å². The van der Waals surface area contributed by atoms with Gasteiger partial charge >= 0.3 is 0 Å². The summed E-state index contributed by atoms with van der Waals surface area (Å²) >= 11 is 5.91. The van der Waals surface area contributed by atoms with Gasteiger partial charge in [-0.25, -0.2) is 4.98 Å². The van der Waals surface area contributed by atoms with Gasteiger partial charge in [0.25, 0.3) is 17.2 Å². The molecule has 132 valence electrons. The fourth-order valence-electron chi connectivity index (χ4n) is 2.55. The molecule has 0 fully saturated rings. The van der Waals surface area contributed by atoms with Crippen LogP contribution in [0.2, 0.25) is 5.02 Å². The van der Waals surface area contributed by atoms with Gasteiger partial charge in [-0.3, -0.25) is 24.1 Å². The Morgan fingerprint density at radius 2 is 2.00 bits per heavy atom. The number of carbonyl (C=O) groups is 1. The van der Waals surface area contributed by atoms with E-state index < -0.39 is 16.4 Å². The largest absolute Gasteiger partial charge is 0.316 e. The van der Waals surface area contributed by atoms with E-state index in [0.29, 0.717) is 21.9 Å². The van der Waals surface area contributed by atoms with Crippen LogP contribution in [0.5, 0.6) is 0 Å². The molecule has 3 aromatic rings. The van der Waals surface area contributed by atoms with Crippen LogP contribution < -0.4 is 10.9 Å². The number of nitrogens with zero attached hydrogens (tertiary/aromatic N) is 3. The van der Waals surface area contributed by atoms with Gasteiger partial charge in [0.05, 0.1) is 15.6 Å². The van der Waals surface area contributed by atoms with Crippen LogP contribution >= 0.6 is 11.6 Å². The van der Waals surface area contributed by atoms with Gasteiger partial charge in [-0.05, 0) is 38.1 Å². The number of nitro benzene ring substituents is 1. The van der Waals surface area contributed by atoms with Gasteiger partial charge in [0, 0.05) is 23.4 Å². The number of carbonyl (C=O) groups excluding carboxylic acids is 1. The van der Waals surface area contributed by atoms with E-state index in [9.17, 15) is 19.7 Å². The fourth-order valence-corrected chi connectivity index (χ4v) is 2.72. The Balaban J connectivity index is 2.01. The zero-order valence-electron chi connectivity index (χ0n) is 13.8. The molecule has 2 aromatic heterocycles. The second-order valence-corrected chi connectivity index (χ2v) is 6.10. The Morgan fingerprint density at radius 3 is 2.65 bits per heavy atom. The number of aryl methyl sites for hydroxylation is 2. The lowest BCUT2D eigenvalue weighted by Gasteiger charge is -2.10. The van der Waals surface area contributed by atoms with Crippen molar-refractivity contribution in [2.24, 2.45) is 0 Å². The van der Waals surface area contributed by atoms with E-state index in [2.05, 4.69) is 10.3 Å². The highest BCUT2D eigenvalue weighted by Gasteiger charge is 2.17. The van der Waals surface area contributed by atoms with Crippen LogP contribution in [0.1, 0.15) is 21.6 Å². The summed E-state index contributed by atoms with van der Waals surface area (Å²) in [5, 5.41) is 13.8. The fraction of sp³-hybridized carbons (Fsp3) is 0.118. The molecular formula is C17H13ClN4O4. The van der Waals surface area contributed by atoms with E-state index >= 15 is 0 Å². The lowest BCUT2D eigenvalue weighted by atomic mass is 10.1. The van der Waals surface area contributed by atoms with Gasteiger partial charge in [-0.2, -0.15) is 0 Å². The molecule has 0 atom stereocenters. The quantitative estimate of drug-likeness (QED) is 0.561. The lowest BCUT2D eigenvalue weighted by Crippen LogP contribution is -2.25. The number of nitrogens with one attached hydrogen (secondary N) is 1. The maximum atomic E-state index is 12.6. The van der Waals surface area contributed by atoms with Crippen molar-refractivity contribution in [3.05, 3.63) is 78.8 Å². The van der Waals surface area contributed by atoms with Crippen LogP contribution in [-0.4, -0.2) is 20.2 Å². The summed E-state index contributed by atoms with van der Waals surface area (Å²) in [4.78, 5) is 39.7. The standard InChI is InChI=1S/C17H13ClN4O4/c1-9-7-11(3-5-13(9)22(25)26)16(23)20-15-10(2)19-14-6-4-12(18)8-21(14)17(15)24/h3-8H,1-2H3,(H,20,23). The number of nitro groups is 1. The Labute approximate surface area is 152 Å². The van der Waals surface area contributed by atoms with Crippen LogP contribution in [0.4, 0.5) is 11.4 Å². The first-order chi connectivity index (χ1) is 12.3. The maximum Gasteiger partial charge on any atom is 0.281 e. The Kier molecular flexibility index (Phi) is 4.43. The number of aromatic nitrogens is 2. The van der Waals surface area contributed by atoms with Gasteiger partial charge in [0.1, 0.15) is 11.3 Å². The van der Waals surface area contributed by atoms with Crippen molar-refractivity contribution in [3.8, 4) is 0 Å². The van der Waals surface area contributed by atoms with E-state index in [1.165, 1.54) is 35.7 Å². The highest BCUT2D eigenvalue weighted by atomic mass is 35.5. The van der Waals surface area contributed by atoms with Crippen molar-refractivity contribution in [3.63, 3.8) is 0 Å². The second-order valence-electron chi connectivity index (χ2n) is 5.67. The molecule has 1 amide bonds. The van der Waals surface area contributed by atoms with Gasteiger partial charge in [0.15, 0.2) is 0 Å². The van der Waals surface area contributed by atoms with Gasteiger partial charge in [0.2, 0.25) is 0 Å². The molecule has 0 saturated carbocycles. The van der Waals surface area contributed by atoms with Gasteiger partial charge < -0.3 is 5.32 Å². The zero-order chi connectivity index (χ0) is 19.0. The minimum atomic E-state index is -0.563. The zero-order valence-corrected chi connectivity index (χ0v) is 14.6. The average Bonchev–Trinajstić information content (AvgIpc) is 2.58. The number of rotatable bonds is 3. The number of hydrogen-bond donors (Lipinski definition) is 1. The number of amides is 1. The first-order valence-electron chi connectivity index (χ1n) is 7.53. The van der Waals surface area contributed by atoms with Crippen molar-refractivity contribution in [1.82, 2.24) is 9.38 Å². The van der Waals surface area contributed by atoms with Crippen molar-refractivity contribution < 1.29 is 9.72 Å². The number of pyridine rings is 1. The van der Waals surface area contributed by atoms with Crippen LogP contribution in [0.3, 0.4) is 0 Å². The Hall–Kier alpha value is -3.26. The molecule has 2 heterocycles. The molecular weight excluding hydrogens is 360 g/mol. The third kappa shape index (κ3) is 3.14. The number of fused-ring (bicyclic) bond motifs is 1. The molecule has 0 aliphatic carbocycles. The van der Waals surface area contributed by atoms with Crippen molar-refractivity contribution >= 4 is 34.5 Å². The van der Waals surface area contributed by atoms with E-state index in [4.69, 9.17) is 11.6 Å². The smallest absolute Gasteiger partial charge is 0.281 e. The number of halogens is 1. The third-order valence-corrected chi connectivity index (χ3v) is 4.09. The molecule has 1 aromatic carbocycles. The molecule has 9 heteroatoms. The summed E-state index contributed by atoms with van der Waals surface area (Å²) in [6.07, 6.45) is 1.41. The molecule has 8 nitrogen and oxygen atoms in total. The molecule has 1 N–H and O–H groups in total. The Morgan fingerprint density at radius 1 is 1.27 bits per heavy atom. The summed E-state index contributed by atoms with van der Waals surface area (Å²) in [6.45, 7) is 3.14. The molecule has 0 aliphatic heterocycles. The second kappa shape index (κ2) is 6.57. The first-order valence-corrected chi connectivity index (χ1v) is 7.90. The summed E-state index contributed by atoms with van der Waals surface area (Å²) in [5.74, 6) is -0.563. The molecule has 0 radical (unpaired) electrons. The maximum absolute atomic E-state index is 12.6. The van der Waals surface area contributed by atoms with Crippen LogP contribution in [0.15, 0.2) is 41.3 Å². The topological polar surface area (TPSA) is 107 Å². The third-order valence-electron chi connectivity index (χ3n) is 3.86. The molecule has 0 bridgehead atoms. The van der Waals surface area contributed by atoms with Gasteiger partial charge in [-0.15, -0.1) is 0 Å². The van der Waals surface area contributed by atoms with Crippen molar-refractivity contribution in [2.45, 2.75) is 13.8 Å². The van der Waals surface area contributed by atoms with Crippen LogP contribution in [0.25, 0.3) is 5.65 Å². The molecule has 0 aliphatic rings. The van der Waals surface area contributed by atoms with E-state index in [1.807, 2.05) is 0 Å². The van der Waals surface area contributed by atoms with Crippen LogP contribution in [0, 0.1) is 24.0 Å². The predicted molar refractivity (Wildman–Crippen MR) is 97.0 cm³/mol. The Bertz CT molecular complexity index is 1120. The first kappa shape index (κ1) is 17.6. The molecule has 3 rings (SSSR count). The summed E-state index contributed by atoms with van der Waals surface area (Å²) in [6, 6.07) is 7.19. The SMILES string of the molecule is Cc1cc(C(=O)Nc2c(C)nc3ccc(Cl)cn3c2=O)ccc1[N+](=O)[O-]. The monoisotopic (exact) mass is 372 g/mol. The number of anilines is 1. The molecule has 0 spiro atoms. The number of hydrogen-bond acceptors (Lipinski definition) is 5. The number of benzene rings is 1. The predicted octanol–water partition coefficient (Wildman–Crippen LogP) is 3.13. The van der Waals surface area contributed by atoms with E-state index in [-0.39, 0.29) is 16.9 Å². The minimum Gasteiger partial charge on any atom is -0.316 e. The van der Waals surface area contributed by atoms with Crippen molar-refractivity contribution in [1.29, 1.82) is 0 Å². The van der Waals surface area contributed by atoms with Crippen molar-refractivity contribution in [2.75, 3.05) is 5.32 Å². The minimum absolute atomic E-state index is 0.0192. The lowest BCUT2D eigenvalue weighted by molar-refractivity contribution is -0.385. The van der Waals surface area contributed by atoms with Crippen LogP contribution in [-0.2, 0) is 0 Å². The summed E-state index contributed by atoms with van der Waals surface area (Å²) in [5.41, 5.74) is 0.764. The average molecular weight is 373 g/mol. The molecule has 0 unspecified atom stereocenters. The summed E-state index contributed by atoms with van der Waals surface area (Å²) in [7, 11) is 0. The van der Waals surface area contributed by atoms with E-state index in [1.54, 1.807) is 19.1 Å². The highest BCUT2D eigenvalue weighted by molar-refractivity contribution is 6.30. The molecule has 0 saturated heterocycles.